The molecule has 0 aliphatic carbocycles. The van der Waals surface area contributed by atoms with Crippen molar-refractivity contribution in [1.82, 2.24) is 0 Å². The van der Waals surface area contributed by atoms with Crippen LogP contribution in [0.4, 0.5) is 13.2 Å². The third kappa shape index (κ3) is 4.31. The van der Waals surface area contributed by atoms with E-state index in [-0.39, 0.29) is 0 Å². The SMILES string of the molecule is CP(C)(=O)Sc1cccc(C(F)(F)F)c1. The molecule has 0 fully saturated rings. The van der Waals surface area contributed by atoms with Crippen LogP contribution in [0.25, 0.3) is 0 Å². The van der Waals surface area contributed by atoms with Gasteiger partial charge in [-0.25, -0.2) is 0 Å². The van der Waals surface area contributed by atoms with E-state index >= 15 is 0 Å². The largest absolute Gasteiger partial charge is 0.416 e. The Bertz CT molecular complexity index is 397. The third-order valence-electron chi connectivity index (χ3n) is 1.49. The van der Waals surface area contributed by atoms with Gasteiger partial charge in [-0.15, -0.1) is 0 Å². The summed E-state index contributed by atoms with van der Waals surface area (Å²) in [5, 5.41) is 0. The summed E-state index contributed by atoms with van der Waals surface area (Å²) in [6.07, 6.45) is -6.76. The van der Waals surface area contributed by atoms with E-state index in [2.05, 4.69) is 0 Å². The van der Waals surface area contributed by atoms with Gasteiger partial charge in [-0.1, -0.05) is 17.4 Å². The molecule has 0 atom stereocenters. The molecule has 84 valence electrons. The summed E-state index contributed by atoms with van der Waals surface area (Å²) in [5.74, 6) is 0. The van der Waals surface area contributed by atoms with Crippen LogP contribution in [0.1, 0.15) is 5.56 Å². The number of benzene rings is 1. The van der Waals surface area contributed by atoms with Crippen molar-refractivity contribution in [3.05, 3.63) is 29.8 Å². The van der Waals surface area contributed by atoms with Crippen molar-refractivity contribution < 1.29 is 17.7 Å². The first-order valence-corrected chi connectivity index (χ1v) is 8.12. The Morgan fingerprint density at radius 3 is 2.33 bits per heavy atom. The van der Waals surface area contributed by atoms with E-state index in [1.54, 1.807) is 0 Å². The van der Waals surface area contributed by atoms with Gasteiger partial charge < -0.3 is 4.57 Å². The van der Waals surface area contributed by atoms with Crippen LogP contribution in [-0.4, -0.2) is 13.3 Å². The minimum absolute atomic E-state index is 0.387. The average Bonchev–Trinajstić information content (AvgIpc) is 1.99. The van der Waals surface area contributed by atoms with Crippen molar-refractivity contribution in [3.63, 3.8) is 0 Å². The molecule has 15 heavy (non-hydrogen) atoms. The van der Waals surface area contributed by atoms with Crippen molar-refractivity contribution in [3.8, 4) is 0 Å². The zero-order valence-corrected chi connectivity index (χ0v) is 9.92. The van der Waals surface area contributed by atoms with Gasteiger partial charge in [0.15, 0.2) is 0 Å². The molecule has 0 spiro atoms. The van der Waals surface area contributed by atoms with Crippen LogP contribution in [0.2, 0.25) is 0 Å². The highest BCUT2D eigenvalue weighted by Gasteiger charge is 2.30. The molecule has 0 aliphatic rings. The second-order valence-electron chi connectivity index (χ2n) is 3.37. The molecular formula is C9H10F3OPS. The lowest BCUT2D eigenvalue weighted by Crippen LogP contribution is -2.04. The van der Waals surface area contributed by atoms with E-state index in [0.29, 0.717) is 4.90 Å². The summed E-state index contributed by atoms with van der Waals surface area (Å²) in [6.45, 7) is 3.05. The van der Waals surface area contributed by atoms with E-state index in [0.717, 1.165) is 23.5 Å². The number of rotatable bonds is 2. The van der Waals surface area contributed by atoms with Crippen LogP contribution < -0.4 is 0 Å². The standard InChI is InChI=1S/C9H10F3OPS/c1-14(2,13)15-8-5-3-4-7(6-8)9(10,11)12/h3-6H,1-2H3. The molecule has 0 bridgehead atoms. The molecule has 1 rings (SSSR count). The van der Waals surface area contributed by atoms with Crippen molar-refractivity contribution in [2.45, 2.75) is 11.1 Å². The van der Waals surface area contributed by atoms with Crippen LogP contribution >= 0.6 is 17.7 Å². The highest BCUT2D eigenvalue weighted by molar-refractivity contribution is 8.57. The predicted octanol–water partition coefficient (Wildman–Crippen LogP) is 4.34. The second-order valence-corrected chi connectivity index (χ2v) is 9.71. The maximum Gasteiger partial charge on any atom is 0.416 e. The summed E-state index contributed by atoms with van der Waals surface area (Å²) in [7, 11) is 0. The first kappa shape index (κ1) is 12.7. The molecule has 0 saturated carbocycles. The van der Waals surface area contributed by atoms with Crippen LogP contribution in [-0.2, 0) is 10.7 Å². The Balaban J connectivity index is 2.99. The molecule has 0 aromatic heterocycles. The fourth-order valence-electron chi connectivity index (χ4n) is 0.983. The monoisotopic (exact) mass is 254 g/mol. The minimum atomic E-state index is -4.35. The highest BCUT2D eigenvalue weighted by Crippen LogP contribution is 2.55. The summed E-state index contributed by atoms with van der Waals surface area (Å²) in [5.41, 5.74) is -0.707. The summed E-state index contributed by atoms with van der Waals surface area (Å²) in [6, 6.07) is 4.87. The van der Waals surface area contributed by atoms with Crippen molar-refractivity contribution in [2.75, 3.05) is 13.3 Å². The van der Waals surface area contributed by atoms with Crippen molar-refractivity contribution >= 4 is 17.7 Å². The summed E-state index contributed by atoms with van der Waals surface area (Å²) < 4.78 is 48.4. The molecule has 0 aliphatic heterocycles. The van der Waals surface area contributed by atoms with Crippen LogP contribution in [0, 0.1) is 0 Å². The Morgan fingerprint density at radius 2 is 1.87 bits per heavy atom. The second kappa shape index (κ2) is 4.22. The van der Waals surface area contributed by atoms with Gasteiger partial charge in [-0.2, -0.15) is 13.2 Å². The van der Waals surface area contributed by atoms with Gasteiger partial charge in [0, 0.05) is 4.90 Å². The number of hydrogen-bond donors (Lipinski definition) is 0. The quantitative estimate of drug-likeness (QED) is 0.730. The molecule has 0 radical (unpaired) electrons. The average molecular weight is 254 g/mol. The zero-order valence-electron chi connectivity index (χ0n) is 8.21. The summed E-state index contributed by atoms with van der Waals surface area (Å²) in [4.78, 5) is 0.387. The van der Waals surface area contributed by atoms with Crippen molar-refractivity contribution in [2.24, 2.45) is 0 Å². The Morgan fingerprint density at radius 1 is 1.27 bits per heavy atom. The van der Waals surface area contributed by atoms with Crippen LogP contribution in [0.5, 0.6) is 0 Å². The number of halogens is 3. The van der Waals surface area contributed by atoms with E-state index in [4.69, 9.17) is 0 Å². The lowest BCUT2D eigenvalue weighted by molar-refractivity contribution is -0.137. The van der Waals surface area contributed by atoms with Gasteiger partial charge >= 0.3 is 6.18 Å². The molecule has 1 aromatic rings. The van der Waals surface area contributed by atoms with Gasteiger partial charge in [0.25, 0.3) is 0 Å². The Hall–Kier alpha value is -0.410. The molecule has 0 N–H and O–H groups in total. The van der Waals surface area contributed by atoms with E-state index in [1.807, 2.05) is 0 Å². The van der Waals surface area contributed by atoms with Crippen molar-refractivity contribution in [1.29, 1.82) is 0 Å². The highest BCUT2D eigenvalue weighted by atomic mass is 32.7. The van der Waals surface area contributed by atoms with E-state index in [9.17, 15) is 17.7 Å². The molecule has 1 aromatic carbocycles. The van der Waals surface area contributed by atoms with Crippen LogP contribution in [0.3, 0.4) is 0 Å². The summed E-state index contributed by atoms with van der Waals surface area (Å²) >= 11 is 0.987. The predicted molar refractivity (Wildman–Crippen MR) is 56.8 cm³/mol. The van der Waals surface area contributed by atoms with Gasteiger partial charge in [-0.3, -0.25) is 0 Å². The number of hydrogen-bond acceptors (Lipinski definition) is 2. The molecule has 6 heteroatoms. The molecule has 1 nitrogen and oxygen atoms in total. The van der Waals surface area contributed by atoms with Gasteiger partial charge in [-0.05, 0) is 31.5 Å². The van der Waals surface area contributed by atoms with Gasteiger partial charge in [0.1, 0.15) is 6.34 Å². The topological polar surface area (TPSA) is 17.1 Å². The maximum atomic E-state index is 12.3. The molecule has 0 amide bonds. The first-order chi connectivity index (χ1) is 6.68. The Labute approximate surface area is 90.2 Å². The Kier molecular flexibility index (Phi) is 3.56. The smallest absolute Gasteiger partial charge is 0.312 e. The fraction of sp³-hybridized carbons (Fsp3) is 0.333. The molecule has 0 unspecified atom stereocenters. The fourth-order valence-corrected chi connectivity index (χ4v) is 3.67. The first-order valence-electron chi connectivity index (χ1n) is 4.10. The maximum absolute atomic E-state index is 12.3. The minimum Gasteiger partial charge on any atom is -0.312 e. The van der Waals surface area contributed by atoms with Gasteiger partial charge in [0.2, 0.25) is 0 Å². The zero-order chi connectivity index (χ0) is 11.7. The third-order valence-corrected chi connectivity index (χ3v) is 4.34. The van der Waals surface area contributed by atoms with E-state index in [1.165, 1.54) is 25.5 Å². The molecular weight excluding hydrogens is 244 g/mol. The lowest BCUT2D eigenvalue weighted by Gasteiger charge is -2.09. The number of alkyl halides is 3. The van der Waals surface area contributed by atoms with E-state index < -0.39 is 18.1 Å². The van der Waals surface area contributed by atoms with Gasteiger partial charge in [0.05, 0.1) is 5.56 Å². The molecule has 0 heterocycles. The normalized spacial score (nSPS) is 12.9. The lowest BCUT2D eigenvalue weighted by atomic mass is 10.2. The van der Waals surface area contributed by atoms with Crippen LogP contribution in [0.15, 0.2) is 29.2 Å². The molecule has 0 saturated heterocycles.